The van der Waals surface area contributed by atoms with Gasteiger partial charge in [0.25, 0.3) is 0 Å². The number of hydrogen-bond acceptors (Lipinski definition) is 5. The molecular weight excluding hydrogens is 286 g/mol. The minimum Gasteiger partial charge on any atom is -0.496 e. The molecule has 0 saturated heterocycles. The van der Waals surface area contributed by atoms with Gasteiger partial charge in [-0.05, 0) is 18.8 Å². The van der Waals surface area contributed by atoms with Gasteiger partial charge in [-0.2, -0.15) is 0 Å². The van der Waals surface area contributed by atoms with Crippen molar-refractivity contribution in [3.05, 3.63) is 17.7 Å². The van der Waals surface area contributed by atoms with E-state index in [4.69, 9.17) is 19.9 Å². The summed E-state index contributed by atoms with van der Waals surface area (Å²) >= 11 is 0. The molecule has 1 rings (SSSR count). The lowest BCUT2D eigenvalue weighted by molar-refractivity contribution is -0.141. The summed E-state index contributed by atoms with van der Waals surface area (Å²) in [6.07, 6.45) is 1.18. The molecule has 6 heteroatoms. The molecule has 0 aromatic heterocycles. The Morgan fingerprint density at radius 2 is 1.73 bits per heavy atom. The van der Waals surface area contributed by atoms with E-state index in [-0.39, 0.29) is 12.5 Å². The van der Waals surface area contributed by atoms with Crippen LogP contribution in [0.4, 0.5) is 0 Å². The first kappa shape index (κ1) is 18.1. The summed E-state index contributed by atoms with van der Waals surface area (Å²) in [5, 5.41) is 9.24. The van der Waals surface area contributed by atoms with Gasteiger partial charge in [0, 0.05) is 24.2 Å². The lowest BCUT2D eigenvalue weighted by Crippen LogP contribution is -2.25. The van der Waals surface area contributed by atoms with Crippen LogP contribution in [0.2, 0.25) is 0 Å². The second-order valence-corrected chi connectivity index (χ2v) is 5.06. The van der Waals surface area contributed by atoms with E-state index in [1.165, 1.54) is 0 Å². The maximum absolute atomic E-state index is 11.3. The number of rotatable bonds is 9. The number of carboxylic acids is 1. The third kappa shape index (κ3) is 4.04. The number of methoxy groups -OCH3 is 3. The smallest absolute Gasteiger partial charge is 0.307 e. The molecule has 22 heavy (non-hydrogen) atoms. The SMILES string of the molecule is CCC(CC(CN)C(=O)O)c1c(OC)cc(OC)cc1OC. The van der Waals surface area contributed by atoms with Gasteiger partial charge in [-0.1, -0.05) is 6.92 Å². The van der Waals surface area contributed by atoms with Gasteiger partial charge in [-0.15, -0.1) is 0 Å². The number of hydrogen-bond donors (Lipinski definition) is 2. The topological polar surface area (TPSA) is 91.0 Å². The standard InChI is InChI=1S/C16H25NO5/c1-5-10(6-11(9-17)16(18)19)15-13(21-3)7-12(20-2)8-14(15)22-4/h7-8,10-11H,5-6,9,17H2,1-4H3,(H,18,19). The molecule has 0 heterocycles. The fourth-order valence-electron chi connectivity index (χ4n) is 2.56. The van der Waals surface area contributed by atoms with Crippen molar-refractivity contribution in [2.24, 2.45) is 11.7 Å². The maximum atomic E-state index is 11.3. The Hall–Kier alpha value is -1.95. The molecule has 0 bridgehead atoms. The van der Waals surface area contributed by atoms with Crippen LogP contribution in [0.15, 0.2) is 12.1 Å². The summed E-state index contributed by atoms with van der Waals surface area (Å²) in [4.78, 5) is 11.3. The summed E-state index contributed by atoms with van der Waals surface area (Å²) in [6, 6.07) is 3.55. The molecule has 0 aliphatic carbocycles. The molecule has 1 aromatic rings. The average Bonchev–Trinajstić information content (AvgIpc) is 2.54. The fraction of sp³-hybridized carbons (Fsp3) is 0.562. The molecule has 2 unspecified atom stereocenters. The first-order valence-electron chi connectivity index (χ1n) is 7.25. The van der Waals surface area contributed by atoms with Crippen LogP contribution in [0.5, 0.6) is 17.2 Å². The highest BCUT2D eigenvalue weighted by molar-refractivity contribution is 5.70. The zero-order chi connectivity index (χ0) is 16.7. The maximum Gasteiger partial charge on any atom is 0.307 e. The van der Waals surface area contributed by atoms with Crippen LogP contribution in [-0.2, 0) is 4.79 Å². The zero-order valence-electron chi connectivity index (χ0n) is 13.6. The molecule has 0 amide bonds. The van der Waals surface area contributed by atoms with Crippen LogP contribution in [0.25, 0.3) is 0 Å². The largest absolute Gasteiger partial charge is 0.496 e. The van der Waals surface area contributed by atoms with Gasteiger partial charge >= 0.3 is 5.97 Å². The molecule has 124 valence electrons. The summed E-state index contributed by atoms with van der Waals surface area (Å²) in [6.45, 7) is 2.11. The fourth-order valence-corrected chi connectivity index (χ4v) is 2.56. The van der Waals surface area contributed by atoms with Gasteiger partial charge in [-0.25, -0.2) is 0 Å². The Morgan fingerprint density at radius 3 is 2.05 bits per heavy atom. The average molecular weight is 311 g/mol. The minimum atomic E-state index is -0.882. The Balaban J connectivity index is 3.27. The number of aliphatic carboxylic acids is 1. The molecule has 0 aliphatic rings. The van der Waals surface area contributed by atoms with E-state index in [1.807, 2.05) is 6.92 Å². The summed E-state index contributed by atoms with van der Waals surface area (Å²) in [7, 11) is 4.71. The molecule has 1 aromatic carbocycles. The van der Waals surface area contributed by atoms with Crippen molar-refractivity contribution in [3.63, 3.8) is 0 Å². The van der Waals surface area contributed by atoms with E-state index in [9.17, 15) is 9.90 Å². The van der Waals surface area contributed by atoms with Gasteiger partial charge in [-0.3, -0.25) is 4.79 Å². The van der Waals surface area contributed by atoms with Crippen LogP contribution in [0.1, 0.15) is 31.2 Å². The van der Waals surface area contributed by atoms with Crippen LogP contribution in [0, 0.1) is 5.92 Å². The van der Waals surface area contributed by atoms with Crippen LogP contribution >= 0.6 is 0 Å². The summed E-state index contributed by atoms with van der Waals surface area (Å²) in [5.74, 6) is 0.378. The highest BCUT2D eigenvalue weighted by Crippen LogP contribution is 2.42. The van der Waals surface area contributed by atoms with Crippen molar-refractivity contribution in [2.75, 3.05) is 27.9 Å². The van der Waals surface area contributed by atoms with Crippen molar-refractivity contribution >= 4 is 5.97 Å². The van der Waals surface area contributed by atoms with Crippen molar-refractivity contribution in [1.82, 2.24) is 0 Å². The molecule has 0 radical (unpaired) electrons. The van der Waals surface area contributed by atoms with Crippen molar-refractivity contribution in [2.45, 2.75) is 25.7 Å². The van der Waals surface area contributed by atoms with Gasteiger partial charge in [0.2, 0.25) is 0 Å². The van der Waals surface area contributed by atoms with Crippen LogP contribution in [-0.4, -0.2) is 38.9 Å². The van der Waals surface area contributed by atoms with Gasteiger partial charge in [0.1, 0.15) is 17.2 Å². The third-order valence-electron chi connectivity index (χ3n) is 3.86. The number of benzene rings is 1. The third-order valence-corrected chi connectivity index (χ3v) is 3.86. The second kappa shape index (κ2) is 8.48. The second-order valence-electron chi connectivity index (χ2n) is 5.06. The van der Waals surface area contributed by atoms with E-state index in [2.05, 4.69) is 0 Å². The Morgan fingerprint density at radius 1 is 1.18 bits per heavy atom. The van der Waals surface area contributed by atoms with E-state index in [0.29, 0.717) is 23.7 Å². The highest BCUT2D eigenvalue weighted by atomic mass is 16.5. The normalized spacial score (nSPS) is 13.3. The first-order chi connectivity index (χ1) is 10.5. The molecule has 6 nitrogen and oxygen atoms in total. The zero-order valence-corrected chi connectivity index (χ0v) is 13.6. The minimum absolute atomic E-state index is 0.0274. The monoisotopic (exact) mass is 311 g/mol. The molecule has 2 atom stereocenters. The van der Waals surface area contributed by atoms with Crippen molar-refractivity contribution in [3.8, 4) is 17.2 Å². The first-order valence-corrected chi connectivity index (χ1v) is 7.25. The van der Waals surface area contributed by atoms with E-state index < -0.39 is 11.9 Å². The number of carbonyl (C=O) groups is 1. The Labute approximate surface area is 131 Å². The molecule has 0 spiro atoms. The Kier molecular flexibility index (Phi) is 6.98. The molecular formula is C16H25NO5. The van der Waals surface area contributed by atoms with Crippen LogP contribution in [0.3, 0.4) is 0 Å². The van der Waals surface area contributed by atoms with Crippen LogP contribution < -0.4 is 19.9 Å². The lowest BCUT2D eigenvalue weighted by Gasteiger charge is -2.24. The van der Waals surface area contributed by atoms with E-state index >= 15 is 0 Å². The van der Waals surface area contributed by atoms with Crippen molar-refractivity contribution in [1.29, 1.82) is 0 Å². The summed E-state index contributed by atoms with van der Waals surface area (Å²) < 4.78 is 16.1. The number of ether oxygens (including phenoxy) is 3. The molecule has 0 aliphatic heterocycles. The Bertz CT molecular complexity index is 478. The lowest BCUT2D eigenvalue weighted by atomic mass is 9.85. The molecule has 0 saturated carbocycles. The number of carboxylic acid groups (broad SMARTS) is 1. The molecule has 0 fully saturated rings. The predicted molar refractivity (Wildman–Crippen MR) is 83.9 cm³/mol. The quantitative estimate of drug-likeness (QED) is 0.727. The molecule has 3 N–H and O–H groups in total. The van der Waals surface area contributed by atoms with Gasteiger partial charge < -0.3 is 25.1 Å². The van der Waals surface area contributed by atoms with E-state index in [1.54, 1.807) is 33.5 Å². The summed E-state index contributed by atoms with van der Waals surface area (Å²) in [5.41, 5.74) is 6.43. The van der Waals surface area contributed by atoms with Gasteiger partial charge in [0.15, 0.2) is 0 Å². The van der Waals surface area contributed by atoms with Crippen molar-refractivity contribution < 1.29 is 24.1 Å². The van der Waals surface area contributed by atoms with E-state index in [0.717, 1.165) is 12.0 Å². The van der Waals surface area contributed by atoms with Gasteiger partial charge in [0.05, 0.1) is 27.2 Å². The highest BCUT2D eigenvalue weighted by Gasteiger charge is 2.26. The predicted octanol–water partition coefficient (Wildman–Crippen LogP) is 2.26. The number of nitrogens with two attached hydrogens (primary N) is 1.